The average molecular weight is 487 g/mol. The smallest absolute Gasteiger partial charge is 0.295 e. The quantitative estimate of drug-likeness (QED) is 0.565. The minimum Gasteiger partial charge on any atom is -0.593 e. The second-order valence-electron chi connectivity index (χ2n) is 9.46. The fraction of sp³-hybridized carbons (Fsp3) is 0.417. The van der Waals surface area contributed by atoms with Crippen LogP contribution in [-0.4, -0.2) is 44.6 Å². The number of nitrogens with one attached hydrogen (secondary N) is 1. The first-order chi connectivity index (χ1) is 16.2. The number of hydrogen-bond acceptors (Lipinski definition) is 6. The maximum Gasteiger partial charge on any atom is 0.295 e. The van der Waals surface area contributed by atoms with E-state index in [1.807, 2.05) is 12.1 Å². The van der Waals surface area contributed by atoms with Gasteiger partial charge in [-0.1, -0.05) is 0 Å². The van der Waals surface area contributed by atoms with Gasteiger partial charge in [-0.2, -0.15) is 9.82 Å². The van der Waals surface area contributed by atoms with Gasteiger partial charge in [0.15, 0.2) is 11.5 Å². The Bertz CT molecular complexity index is 1240. The number of carbonyl (C=O) groups excluding carboxylic acids is 1. The van der Waals surface area contributed by atoms with Crippen LogP contribution < -0.4 is 19.1 Å². The number of pyridine rings is 1. The number of fused-ring (bicyclic) bond motifs is 2. The van der Waals surface area contributed by atoms with Gasteiger partial charge in [-0.15, -0.1) is 0 Å². The van der Waals surface area contributed by atoms with E-state index in [4.69, 9.17) is 9.47 Å². The maximum absolute atomic E-state index is 14.4. The van der Waals surface area contributed by atoms with Crippen molar-refractivity contribution in [2.75, 3.05) is 24.7 Å². The van der Waals surface area contributed by atoms with Crippen LogP contribution in [0.3, 0.4) is 0 Å². The molecule has 2 unspecified atom stereocenters. The van der Waals surface area contributed by atoms with Crippen LogP contribution in [0.5, 0.6) is 11.5 Å². The minimum atomic E-state index is -1.55. The minimum absolute atomic E-state index is 0.0952. The van der Waals surface area contributed by atoms with Gasteiger partial charge in [0.1, 0.15) is 23.8 Å². The van der Waals surface area contributed by atoms with Crippen LogP contribution in [0.4, 0.5) is 10.1 Å². The lowest BCUT2D eigenvalue weighted by Gasteiger charge is -2.30. The van der Waals surface area contributed by atoms with Crippen molar-refractivity contribution in [2.45, 2.75) is 44.4 Å². The van der Waals surface area contributed by atoms with Crippen LogP contribution in [0.2, 0.25) is 0 Å². The van der Waals surface area contributed by atoms with Crippen LogP contribution in [-0.2, 0) is 11.4 Å². The van der Waals surface area contributed by atoms with Gasteiger partial charge < -0.3 is 18.9 Å². The molecule has 3 aromatic rings. The Morgan fingerprint density at radius 3 is 2.85 bits per heavy atom. The zero-order valence-corrected chi connectivity index (χ0v) is 20.2. The van der Waals surface area contributed by atoms with E-state index in [-0.39, 0.29) is 11.9 Å². The normalized spacial score (nSPS) is 18.9. The standard InChI is InChI=1S/C24H27FN4O4S/c1-24(2,3)34(31)27-23(30)18-14-26-29-8-6-16(13-20(18)29)28-7-4-5-19(28)17-11-15(25)12-21-22(17)33-10-9-32-21/h6,8,11-14,19H,4-5,7,9-10H2,1-3H3,(H,27,30). The zero-order valence-electron chi connectivity index (χ0n) is 19.3. The molecule has 0 saturated carbocycles. The molecule has 2 aromatic heterocycles. The predicted octanol–water partition coefficient (Wildman–Crippen LogP) is 3.78. The summed E-state index contributed by atoms with van der Waals surface area (Å²) in [6, 6.07) is 6.61. The molecule has 0 radical (unpaired) electrons. The number of anilines is 1. The Morgan fingerprint density at radius 1 is 1.26 bits per heavy atom. The highest BCUT2D eigenvalue weighted by molar-refractivity contribution is 7.91. The first-order valence-corrected chi connectivity index (χ1v) is 12.4. The summed E-state index contributed by atoms with van der Waals surface area (Å²) < 4.78 is 41.9. The van der Waals surface area contributed by atoms with E-state index < -0.39 is 22.0 Å². The molecule has 10 heteroatoms. The summed E-state index contributed by atoms with van der Waals surface area (Å²) in [5.41, 5.74) is 2.60. The number of rotatable bonds is 4. The summed E-state index contributed by atoms with van der Waals surface area (Å²) in [7, 11) is 0. The Labute approximate surface area is 200 Å². The Hall–Kier alpha value is -2.98. The van der Waals surface area contributed by atoms with Gasteiger partial charge in [-0.05, 0) is 51.8 Å². The molecule has 1 amide bonds. The largest absolute Gasteiger partial charge is 0.593 e. The van der Waals surface area contributed by atoms with Crippen LogP contribution in [0, 0.1) is 5.82 Å². The maximum atomic E-state index is 14.4. The summed E-state index contributed by atoms with van der Waals surface area (Å²) in [5.74, 6) is 0.233. The van der Waals surface area contributed by atoms with E-state index in [9.17, 15) is 13.7 Å². The van der Waals surface area contributed by atoms with Gasteiger partial charge in [0.2, 0.25) is 0 Å². The predicted molar refractivity (Wildman–Crippen MR) is 127 cm³/mol. The molecular formula is C24H27FN4O4S. The summed E-state index contributed by atoms with van der Waals surface area (Å²) in [4.78, 5) is 15.0. The highest BCUT2D eigenvalue weighted by Gasteiger charge is 2.33. The molecule has 4 heterocycles. The molecule has 2 atom stereocenters. The lowest BCUT2D eigenvalue weighted by molar-refractivity contribution is 0.0982. The molecule has 1 fully saturated rings. The van der Waals surface area contributed by atoms with Gasteiger partial charge in [0.25, 0.3) is 5.91 Å². The van der Waals surface area contributed by atoms with Crippen LogP contribution in [0.15, 0.2) is 36.7 Å². The van der Waals surface area contributed by atoms with Crippen molar-refractivity contribution >= 4 is 28.5 Å². The topological polar surface area (TPSA) is 91.2 Å². The monoisotopic (exact) mass is 486 g/mol. The number of carbonyl (C=O) groups is 1. The third kappa shape index (κ3) is 4.16. The van der Waals surface area contributed by atoms with E-state index in [1.54, 1.807) is 31.5 Å². The first-order valence-electron chi connectivity index (χ1n) is 11.3. The van der Waals surface area contributed by atoms with E-state index in [2.05, 4.69) is 14.7 Å². The van der Waals surface area contributed by atoms with Crippen molar-refractivity contribution in [1.82, 2.24) is 14.3 Å². The lowest BCUT2D eigenvalue weighted by atomic mass is 10.0. The third-order valence-corrected chi connectivity index (χ3v) is 7.55. The molecule has 1 aromatic carbocycles. The molecular weight excluding hydrogens is 459 g/mol. The van der Waals surface area contributed by atoms with Crippen molar-refractivity contribution in [1.29, 1.82) is 0 Å². The highest BCUT2D eigenvalue weighted by atomic mass is 32.2. The Balaban J connectivity index is 1.48. The molecule has 0 aliphatic carbocycles. The Morgan fingerprint density at radius 2 is 2.06 bits per heavy atom. The fourth-order valence-corrected chi connectivity index (χ4v) is 4.99. The second kappa shape index (κ2) is 8.66. The van der Waals surface area contributed by atoms with Gasteiger partial charge in [-0.3, -0.25) is 4.79 Å². The number of ether oxygens (including phenoxy) is 2. The summed E-state index contributed by atoms with van der Waals surface area (Å²) in [5, 5.41) is 4.28. The second-order valence-corrected chi connectivity index (χ2v) is 11.4. The van der Waals surface area contributed by atoms with E-state index in [0.717, 1.165) is 30.6 Å². The van der Waals surface area contributed by atoms with Crippen molar-refractivity contribution in [2.24, 2.45) is 0 Å². The SMILES string of the molecule is CC(C)(C)[S+]([O-])NC(=O)c1cnn2ccc(N3CCCC3c3cc(F)cc4c3OCCO4)cc12. The molecule has 180 valence electrons. The third-order valence-electron chi connectivity index (χ3n) is 6.07. The number of nitrogens with zero attached hydrogens (tertiary/aromatic N) is 3. The summed E-state index contributed by atoms with van der Waals surface area (Å²) >= 11 is -1.55. The van der Waals surface area contributed by atoms with Crippen molar-refractivity contribution in [3.05, 3.63) is 53.6 Å². The number of halogens is 1. The number of hydrogen-bond donors (Lipinski definition) is 1. The van der Waals surface area contributed by atoms with Gasteiger partial charge in [-0.25, -0.2) is 8.91 Å². The average Bonchev–Trinajstić information content (AvgIpc) is 3.44. The van der Waals surface area contributed by atoms with E-state index >= 15 is 0 Å². The first kappa shape index (κ1) is 22.8. The van der Waals surface area contributed by atoms with Crippen molar-refractivity contribution in [3.8, 4) is 11.5 Å². The zero-order chi connectivity index (χ0) is 24.0. The molecule has 5 rings (SSSR count). The molecule has 2 aliphatic rings. The van der Waals surface area contributed by atoms with E-state index in [0.29, 0.717) is 35.8 Å². The Kier molecular flexibility index (Phi) is 5.81. The van der Waals surface area contributed by atoms with Crippen molar-refractivity contribution in [3.63, 3.8) is 0 Å². The highest BCUT2D eigenvalue weighted by Crippen LogP contribution is 2.45. The molecule has 2 aliphatic heterocycles. The molecule has 8 nitrogen and oxygen atoms in total. The summed E-state index contributed by atoms with van der Waals surface area (Å²) in [6.45, 7) is 6.99. The number of benzene rings is 1. The van der Waals surface area contributed by atoms with Gasteiger partial charge in [0, 0.05) is 30.1 Å². The van der Waals surface area contributed by atoms with Crippen LogP contribution >= 0.6 is 0 Å². The molecule has 1 N–H and O–H groups in total. The van der Waals surface area contributed by atoms with Gasteiger partial charge in [0.05, 0.1) is 34.7 Å². The fourth-order valence-electron chi connectivity index (χ4n) is 4.41. The molecule has 0 spiro atoms. The summed E-state index contributed by atoms with van der Waals surface area (Å²) in [6.07, 6.45) is 5.03. The van der Waals surface area contributed by atoms with Crippen molar-refractivity contribution < 1.29 is 23.2 Å². The van der Waals surface area contributed by atoms with Crippen LogP contribution in [0.1, 0.15) is 55.6 Å². The van der Waals surface area contributed by atoms with Crippen LogP contribution in [0.25, 0.3) is 5.52 Å². The molecule has 34 heavy (non-hydrogen) atoms. The number of amides is 1. The van der Waals surface area contributed by atoms with E-state index in [1.165, 1.54) is 18.3 Å². The van der Waals surface area contributed by atoms with Gasteiger partial charge >= 0.3 is 0 Å². The lowest BCUT2D eigenvalue weighted by Crippen LogP contribution is -2.42. The molecule has 1 saturated heterocycles. The number of aromatic nitrogens is 2. The molecule has 0 bridgehead atoms.